The molecule has 5 nitrogen and oxygen atoms in total. The summed E-state index contributed by atoms with van der Waals surface area (Å²) in [6, 6.07) is 7.94. The van der Waals surface area contributed by atoms with Crippen LogP contribution in [0.3, 0.4) is 0 Å². The number of halogens is 1. The number of likely N-dealkylation sites (tertiary alicyclic amines) is 1. The average molecular weight is 417 g/mol. The summed E-state index contributed by atoms with van der Waals surface area (Å²) >= 11 is 1.49. The van der Waals surface area contributed by atoms with Gasteiger partial charge in [-0.25, -0.2) is 4.39 Å². The zero-order chi connectivity index (χ0) is 20.4. The number of rotatable bonds is 4. The van der Waals surface area contributed by atoms with Gasteiger partial charge in [-0.15, -0.1) is 11.3 Å². The van der Waals surface area contributed by atoms with E-state index in [9.17, 15) is 14.0 Å². The van der Waals surface area contributed by atoms with Gasteiger partial charge in [0.25, 0.3) is 11.8 Å². The lowest BCUT2D eigenvalue weighted by Crippen LogP contribution is -2.47. The number of carbonyl (C=O) groups is 2. The van der Waals surface area contributed by atoms with Crippen molar-refractivity contribution in [2.24, 2.45) is 0 Å². The lowest BCUT2D eigenvalue weighted by atomic mass is 9.88. The molecule has 154 valence electrons. The van der Waals surface area contributed by atoms with Gasteiger partial charge in [0.2, 0.25) is 0 Å². The molecule has 0 radical (unpaired) electrons. The van der Waals surface area contributed by atoms with Gasteiger partial charge in [0.05, 0.1) is 22.1 Å². The molecule has 1 N–H and O–H groups in total. The summed E-state index contributed by atoms with van der Waals surface area (Å²) in [7, 11) is 0. The Morgan fingerprint density at radius 3 is 2.69 bits per heavy atom. The normalized spacial score (nSPS) is 20.8. The molecule has 2 aromatic rings. The summed E-state index contributed by atoms with van der Waals surface area (Å²) in [6.07, 6.45) is 3.32. The molecule has 2 amide bonds. The van der Waals surface area contributed by atoms with E-state index in [0.717, 1.165) is 36.1 Å². The van der Waals surface area contributed by atoms with E-state index in [1.165, 1.54) is 23.5 Å². The number of piperidine rings is 1. The zero-order valence-electron chi connectivity index (χ0n) is 16.4. The van der Waals surface area contributed by atoms with Crippen LogP contribution in [0.25, 0.3) is 0 Å². The number of carbonyl (C=O) groups excluding carboxylic acids is 2. The highest BCUT2D eigenvalue weighted by atomic mass is 32.1. The fourth-order valence-corrected chi connectivity index (χ4v) is 5.10. The minimum atomic E-state index is -0.521. The number of amides is 2. The van der Waals surface area contributed by atoms with Gasteiger partial charge in [-0.2, -0.15) is 0 Å². The molecule has 2 aliphatic heterocycles. The average Bonchev–Trinajstić information content (AvgIpc) is 3.33. The summed E-state index contributed by atoms with van der Waals surface area (Å²) in [5, 5.41) is 4.74. The van der Waals surface area contributed by atoms with E-state index in [1.54, 1.807) is 12.1 Å². The Morgan fingerprint density at radius 2 is 2.00 bits per heavy atom. The lowest BCUT2D eigenvalue weighted by Gasteiger charge is -2.39. The largest absolute Gasteiger partial charge is 0.370 e. The van der Waals surface area contributed by atoms with E-state index >= 15 is 0 Å². The van der Waals surface area contributed by atoms with Crippen molar-refractivity contribution >= 4 is 23.2 Å². The molecule has 1 spiro atoms. The molecular formula is C22H25FN2O3S. The van der Waals surface area contributed by atoms with Crippen LogP contribution in [0.2, 0.25) is 0 Å². The standard InChI is InChI=1S/C22H25FN2O3S/c1-15-7-13-29-19(15)21(27)25-11-9-22(10-12-25)8-6-16(28-22)14-24-20(26)17-4-2-3-5-18(17)23/h2-5,7,13,16H,6,8-12,14H2,1H3,(H,24,26). The predicted molar refractivity (Wildman–Crippen MR) is 110 cm³/mol. The maximum Gasteiger partial charge on any atom is 0.264 e. The minimum absolute atomic E-state index is 0.0518. The summed E-state index contributed by atoms with van der Waals surface area (Å²) < 4.78 is 20.0. The molecule has 0 bridgehead atoms. The Labute approximate surface area is 173 Å². The molecule has 0 saturated carbocycles. The number of ether oxygens (including phenoxy) is 1. The minimum Gasteiger partial charge on any atom is -0.370 e. The molecule has 1 atom stereocenters. The second-order valence-corrected chi connectivity index (χ2v) is 8.79. The topological polar surface area (TPSA) is 58.6 Å². The van der Waals surface area contributed by atoms with Crippen LogP contribution >= 0.6 is 11.3 Å². The fourth-order valence-electron chi connectivity index (χ4n) is 4.21. The SMILES string of the molecule is Cc1ccsc1C(=O)N1CCC2(CCC(CNC(=O)c3ccccc3F)O2)CC1. The van der Waals surface area contributed by atoms with Crippen LogP contribution in [-0.4, -0.2) is 48.1 Å². The van der Waals surface area contributed by atoms with E-state index in [-0.39, 0.29) is 23.2 Å². The molecule has 3 heterocycles. The van der Waals surface area contributed by atoms with Gasteiger partial charge >= 0.3 is 0 Å². The van der Waals surface area contributed by atoms with Gasteiger partial charge in [-0.3, -0.25) is 9.59 Å². The van der Waals surface area contributed by atoms with Crippen LogP contribution in [0.4, 0.5) is 4.39 Å². The number of aryl methyl sites for hydroxylation is 1. The lowest BCUT2D eigenvalue weighted by molar-refractivity contribution is -0.0712. The first-order chi connectivity index (χ1) is 14.0. The van der Waals surface area contributed by atoms with Gasteiger partial charge in [0, 0.05) is 19.6 Å². The van der Waals surface area contributed by atoms with Crippen molar-refractivity contribution in [1.29, 1.82) is 0 Å². The predicted octanol–water partition coefficient (Wildman–Crippen LogP) is 3.78. The molecule has 7 heteroatoms. The first kappa shape index (κ1) is 20.0. The molecule has 2 saturated heterocycles. The van der Waals surface area contributed by atoms with Crippen molar-refractivity contribution in [3.05, 3.63) is 57.5 Å². The number of hydrogen-bond donors (Lipinski definition) is 1. The zero-order valence-corrected chi connectivity index (χ0v) is 17.3. The summed E-state index contributed by atoms with van der Waals surface area (Å²) in [5.74, 6) is -0.828. The maximum absolute atomic E-state index is 13.7. The highest BCUT2D eigenvalue weighted by Gasteiger charge is 2.43. The Morgan fingerprint density at radius 1 is 1.24 bits per heavy atom. The van der Waals surface area contributed by atoms with Crippen molar-refractivity contribution in [1.82, 2.24) is 10.2 Å². The number of thiophene rings is 1. The van der Waals surface area contributed by atoms with Crippen LogP contribution in [0.5, 0.6) is 0 Å². The summed E-state index contributed by atoms with van der Waals surface area (Å²) in [4.78, 5) is 27.6. The molecule has 2 fully saturated rings. The highest BCUT2D eigenvalue weighted by Crippen LogP contribution is 2.39. The summed E-state index contributed by atoms with van der Waals surface area (Å²) in [6.45, 7) is 3.70. The molecule has 1 aromatic carbocycles. The number of nitrogens with zero attached hydrogens (tertiary/aromatic N) is 1. The van der Waals surface area contributed by atoms with Crippen molar-refractivity contribution < 1.29 is 18.7 Å². The van der Waals surface area contributed by atoms with E-state index in [4.69, 9.17) is 4.74 Å². The van der Waals surface area contributed by atoms with Gasteiger partial charge in [0.1, 0.15) is 5.82 Å². The molecule has 1 unspecified atom stereocenters. The molecule has 4 rings (SSSR count). The molecule has 0 aliphatic carbocycles. The van der Waals surface area contributed by atoms with Crippen molar-refractivity contribution in [3.63, 3.8) is 0 Å². The third kappa shape index (κ3) is 4.21. The second-order valence-electron chi connectivity index (χ2n) is 7.88. The quantitative estimate of drug-likeness (QED) is 0.825. The molecule has 29 heavy (non-hydrogen) atoms. The van der Waals surface area contributed by atoms with Crippen molar-refractivity contribution in [2.45, 2.75) is 44.3 Å². The Kier molecular flexibility index (Phi) is 5.69. The Bertz CT molecular complexity index is 905. The van der Waals surface area contributed by atoms with Gasteiger partial charge in [-0.1, -0.05) is 12.1 Å². The fraction of sp³-hybridized carbons (Fsp3) is 0.455. The van der Waals surface area contributed by atoms with Gasteiger partial charge in [-0.05, 0) is 61.7 Å². The third-order valence-corrected chi connectivity index (χ3v) is 6.97. The third-order valence-electron chi connectivity index (χ3n) is 5.97. The van der Waals surface area contributed by atoms with Crippen LogP contribution in [0.1, 0.15) is 51.3 Å². The van der Waals surface area contributed by atoms with Gasteiger partial charge in [0.15, 0.2) is 0 Å². The van der Waals surface area contributed by atoms with Crippen molar-refractivity contribution in [3.8, 4) is 0 Å². The Hall–Kier alpha value is -2.25. The first-order valence-electron chi connectivity index (χ1n) is 10.0. The second kappa shape index (κ2) is 8.24. The van der Waals surface area contributed by atoms with E-state index in [0.29, 0.717) is 19.6 Å². The summed E-state index contributed by atoms with van der Waals surface area (Å²) in [5.41, 5.74) is 0.869. The van der Waals surface area contributed by atoms with E-state index in [2.05, 4.69) is 5.32 Å². The number of benzene rings is 1. The molecule has 2 aliphatic rings. The van der Waals surface area contributed by atoms with Crippen molar-refractivity contribution in [2.75, 3.05) is 19.6 Å². The maximum atomic E-state index is 13.7. The van der Waals surface area contributed by atoms with Crippen LogP contribution in [0, 0.1) is 12.7 Å². The smallest absolute Gasteiger partial charge is 0.264 e. The van der Waals surface area contributed by atoms with Gasteiger partial charge < -0.3 is 15.0 Å². The van der Waals surface area contributed by atoms with Crippen LogP contribution in [-0.2, 0) is 4.74 Å². The number of hydrogen-bond acceptors (Lipinski definition) is 4. The van der Waals surface area contributed by atoms with Crippen LogP contribution in [0.15, 0.2) is 35.7 Å². The highest BCUT2D eigenvalue weighted by molar-refractivity contribution is 7.12. The number of nitrogens with one attached hydrogen (secondary N) is 1. The monoisotopic (exact) mass is 416 g/mol. The Balaban J connectivity index is 1.28. The first-order valence-corrected chi connectivity index (χ1v) is 10.9. The molecule has 1 aromatic heterocycles. The van der Waals surface area contributed by atoms with Crippen LogP contribution < -0.4 is 5.32 Å². The van der Waals surface area contributed by atoms with E-state index in [1.807, 2.05) is 23.3 Å². The van der Waals surface area contributed by atoms with E-state index < -0.39 is 11.7 Å². The molecular weight excluding hydrogens is 391 g/mol.